The monoisotopic (exact) mass is 248 g/mol. The second-order valence-corrected chi connectivity index (χ2v) is 4.32. The van der Waals surface area contributed by atoms with Gasteiger partial charge in [-0.05, 0) is 11.6 Å². The Morgan fingerprint density at radius 2 is 2.28 bits per heavy atom. The number of nitrogens with zero attached hydrogens (tertiary/aromatic N) is 3. The molecule has 0 saturated carbocycles. The van der Waals surface area contributed by atoms with E-state index in [1.165, 1.54) is 5.56 Å². The van der Waals surface area contributed by atoms with Gasteiger partial charge in [0.25, 0.3) is 0 Å². The van der Waals surface area contributed by atoms with Crippen LogP contribution in [0.1, 0.15) is 11.4 Å². The van der Waals surface area contributed by atoms with E-state index in [-0.39, 0.29) is 0 Å². The molecule has 2 heterocycles. The summed E-state index contributed by atoms with van der Waals surface area (Å²) in [7, 11) is 3.73. The lowest BCUT2D eigenvalue weighted by atomic mass is 10.3. The molecule has 5 heteroatoms. The van der Waals surface area contributed by atoms with Crippen molar-refractivity contribution in [2.24, 2.45) is 7.05 Å². The summed E-state index contributed by atoms with van der Waals surface area (Å²) in [4.78, 5) is 4.32. The predicted molar refractivity (Wildman–Crippen MR) is 70.3 cm³/mol. The average molecular weight is 248 g/mol. The molecule has 2 aromatic heterocycles. The van der Waals surface area contributed by atoms with E-state index < -0.39 is 0 Å². The Kier molecular flexibility index (Phi) is 4.55. The second kappa shape index (κ2) is 6.37. The fourth-order valence-electron chi connectivity index (χ4n) is 1.81. The van der Waals surface area contributed by atoms with Crippen molar-refractivity contribution in [3.05, 3.63) is 42.2 Å². The molecule has 0 radical (unpaired) electrons. The average Bonchev–Trinajstić information content (AvgIpc) is 2.96. The molecule has 0 fully saturated rings. The largest absolute Gasteiger partial charge is 0.383 e. The van der Waals surface area contributed by atoms with E-state index in [1.807, 2.05) is 24.0 Å². The highest BCUT2D eigenvalue weighted by Gasteiger charge is 2.01. The summed E-state index contributed by atoms with van der Waals surface area (Å²) in [5.41, 5.74) is 1.28. The van der Waals surface area contributed by atoms with E-state index in [9.17, 15) is 0 Å². The number of aromatic nitrogens is 3. The number of nitrogens with one attached hydrogen (secondary N) is 1. The molecule has 2 rings (SSSR count). The number of hydrogen-bond acceptors (Lipinski definition) is 3. The lowest BCUT2D eigenvalue weighted by Gasteiger charge is -2.03. The first-order chi connectivity index (χ1) is 8.79. The smallest absolute Gasteiger partial charge is 0.128 e. The lowest BCUT2D eigenvalue weighted by molar-refractivity contribution is 0.199. The van der Waals surface area contributed by atoms with Crippen LogP contribution in [0.5, 0.6) is 0 Å². The molecule has 98 valence electrons. The van der Waals surface area contributed by atoms with Gasteiger partial charge in [-0.1, -0.05) is 0 Å². The molecule has 18 heavy (non-hydrogen) atoms. The van der Waals surface area contributed by atoms with Crippen molar-refractivity contribution >= 4 is 0 Å². The first kappa shape index (κ1) is 12.9. The summed E-state index contributed by atoms with van der Waals surface area (Å²) in [5.74, 6) is 1.06. The molecule has 0 aliphatic carbocycles. The molecule has 0 unspecified atom stereocenters. The summed E-state index contributed by atoms with van der Waals surface area (Å²) in [6.45, 7) is 3.30. The molecule has 0 spiro atoms. The Morgan fingerprint density at radius 1 is 1.39 bits per heavy atom. The van der Waals surface area contributed by atoms with Crippen LogP contribution in [0.25, 0.3) is 0 Å². The van der Waals surface area contributed by atoms with Crippen LogP contribution >= 0.6 is 0 Å². The van der Waals surface area contributed by atoms with Crippen LogP contribution in [0.2, 0.25) is 0 Å². The van der Waals surface area contributed by atoms with Crippen LogP contribution < -0.4 is 5.32 Å². The third-order valence-corrected chi connectivity index (χ3v) is 2.87. The molecule has 0 aliphatic heterocycles. The number of aryl methyl sites for hydroxylation is 1. The SMILES string of the molecule is COCCNCc1ccn(Cc2nccn2C)c1. The zero-order chi connectivity index (χ0) is 12.8. The quantitative estimate of drug-likeness (QED) is 0.744. The lowest BCUT2D eigenvalue weighted by Crippen LogP contribution is -2.18. The van der Waals surface area contributed by atoms with E-state index in [2.05, 4.69) is 33.3 Å². The zero-order valence-electron chi connectivity index (χ0n) is 11.0. The minimum atomic E-state index is 0.744. The Hall–Kier alpha value is -1.59. The number of ether oxygens (including phenoxy) is 1. The summed E-state index contributed by atoms with van der Waals surface area (Å²) in [6, 6.07) is 2.13. The van der Waals surface area contributed by atoms with Gasteiger partial charge in [-0.25, -0.2) is 4.98 Å². The molecule has 2 aromatic rings. The molecule has 0 aromatic carbocycles. The third kappa shape index (κ3) is 3.45. The van der Waals surface area contributed by atoms with Crippen LogP contribution in [-0.2, 0) is 24.9 Å². The first-order valence-electron chi connectivity index (χ1n) is 6.10. The molecule has 0 amide bonds. The maximum absolute atomic E-state index is 4.99. The standard InChI is InChI=1S/C13H20N4O/c1-16-7-4-15-13(16)11-17-6-3-12(10-17)9-14-5-8-18-2/h3-4,6-7,10,14H,5,8-9,11H2,1-2H3. The highest BCUT2D eigenvalue weighted by atomic mass is 16.5. The highest BCUT2D eigenvalue weighted by Crippen LogP contribution is 2.04. The summed E-state index contributed by atoms with van der Waals surface area (Å²) in [5, 5.41) is 3.33. The number of rotatable bonds is 7. The van der Waals surface area contributed by atoms with Crippen molar-refractivity contribution < 1.29 is 4.74 Å². The fraction of sp³-hybridized carbons (Fsp3) is 0.462. The van der Waals surface area contributed by atoms with Crippen molar-refractivity contribution in [1.29, 1.82) is 0 Å². The van der Waals surface area contributed by atoms with E-state index in [0.717, 1.165) is 32.1 Å². The van der Waals surface area contributed by atoms with Gasteiger partial charge >= 0.3 is 0 Å². The van der Waals surface area contributed by atoms with Gasteiger partial charge in [-0.15, -0.1) is 0 Å². The van der Waals surface area contributed by atoms with Crippen molar-refractivity contribution in [2.45, 2.75) is 13.1 Å². The topological polar surface area (TPSA) is 44.0 Å². The molecule has 1 N–H and O–H groups in total. The predicted octanol–water partition coefficient (Wildman–Crippen LogP) is 1.01. The molecule has 0 saturated heterocycles. The Bertz CT molecular complexity index is 475. The minimum absolute atomic E-state index is 0.744. The number of imidazole rings is 1. The molecular weight excluding hydrogens is 228 g/mol. The van der Waals surface area contributed by atoms with Crippen LogP contribution in [0.3, 0.4) is 0 Å². The molecular formula is C13H20N4O. The molecule has 5 nitrogen and oxygen atoms in total. The van der Waals surface area contributed by atoms with Crippen molar-refractivity contribution in [3.63, 3.8) is 0 Å². The normalized spacial score (nSPS) is 11.0. The first-order valence-corrected chi connectivity index (χ1v) is 6.10. The van der Waals surface area contributed by atoms with Crippen molar-refractivity contribution in [3.8, 4) is 0 Å². The van der Waals surface area contributed by atoms with Gasteiger partial charge in [-0.3, -0.25) is 0 Å². The fourth-order valence-corrected chi connectivity index (χ4v) is 1.81. The van der Waals surface area contributed by atoms with Crippen molar-refractivity contribution in [1.82, 2.24) is 19.4 Å². The summed E-state index contributed by atoms with van der Waals surface area (Å²) < 4.78 is 9.18. The molecule has 0 atom stereocenters. The zero-order valence-corrected chi connectivity index (χ0v) is 11.0. The van der Waals surface area contributed by atoms with Gasteiger partial charge in [0.05, 0.1) is 13.2 Å². The minimum Gasteiger partial charge on any atom is -0.383 e. The van der Waals surface area contributed by atoms with E-state index in [4.69, 9.17) is 4.74 Å². The van der Waals surface area contributed by atoms with Gasteiger partial charge in [0.15, 0.2) is 0 Å². The van der Waals surface area contributed by atoms with E-state index in [1.54, 1.807) is 7.11 Å². The Balaban J connectivity index is 1.84. The summed E-state index contributed by atoms with van der Waals surface area (Å²) in [6.07, 6.45) is 8.02. The Morgan fingerprint density at radius 3 is 3.00 bits per heavy atom. The van der Waals surface area contributed by atoms with Gasteiger partial charge in [-0.2, -0.15) is 0 Å². The number of methoxy groups -OCH3 is 1. The Labute approximate surface area is 107 Å². The highest BCUT2D eigenvalue weighted by molar-refractivity contribution is 5.11. The number of hydrogen-bond donors (Lipinski definition) is 1. The van der Waals surface area contributed by atoms with Gasteiger partial charge < -0.3 is 19.2 Å². The van der Waals surface area contributed by atoms with E-state index in [0.29, 0.717) is 0 Å². The summed E-state index contributed by atoms with van der Waals surface area (Å²) >= 11 is 0. The van der Waals surface area contributed by atoms with Gasteiger partial charge in [0.1, 0.15) is 5.82 Å². The van der Waals surface area contributed by atoms with Gasteiger partial charge in [0.2, 0.25) is 0 Å². The van der Waals surface area contributed by atoms with E-state index >= 15 is 0 Å². The van der Waals surface area contributed by atoms with Crippen molar-refractivity contribution in [2.75, 3.05) is 20.3 Å². The van der Waals surface area contributed by atoms with Crippen LogP contribution in [0, 0.1) is 0 Å². The second-order valence-electron chi connectivity index (χ2n) is 4.32. The van der Waals surface area contributed by atoms with Crippen LogP contribution in [0.4, 0.5) is 0 Å². The third-order valence-electron chi connectivity index (χ3n) is 2.87. The molecule has 0 aliphatic rings. The maximum Gasteiger partial charge on any atom is 0.128 e. The maximum atomic E-state index is 4.99. The van der Waals surface area contributed by atoms with Gasteiger partial charge in [0, 0.05) is 52.0 Å². The molecule has 0 bridgehead atoms. The van der Waals surface area contributed by atoms with Crippen LogP contribution in [0.15, 0.2) is 30.9 Å². The van der Waals surface area contributed by atoms with Crippen LogP contribution in [-0.4, -0.2) is 34.4 Å².